The fourth-order valence-electron chi connectivity index (χ4n) is 3.00. The highest BCUT2D eigenvalue weighted by Crippen LogP contribution is 2.23. The van der Waals surface area contributed by atoms with Crippen LogP contribution in [0.15, 0.2) is 42.5 Å². The van der Waals surface area contributed by atoms with E-state index < -0.39 is 0 Å². The molecule has 0 saturated heterocycles. The molecule has 1 aromatic carbocycles. The molecule has 6 heteroatoms. The lowest BCUT2D eigenvalue weighted by atomic mass is 9.89. The van der Waals surface area contributed by atoms with E-state index in [9.17, 15) is 9.59 Å². The molecule has 0 radical (unpaired) electrons. The summed E-state index contributed by atoms with van der Waals surface area (Å²) in [5.74, 6) is -0.497. The van der Waals surface area contributed by atoms with E-state index in [4.69, 9.17) is 4.74 Å². The normalized spacial score (nSPS) is 18.7. The number of pyridine rings is 1. The first-order valence-electron chi connectivity index (χ1n) is 8.69. The summed E-state index contributed by atoms with van der Waals surface area (Å²) in [6.45, 7) is 0. The van der Waals surface area contributed by atoms with Gasteiger partial charge in [-0.15, -0.1) is 0 Å². The van der Waals surface area contributed by atoms with Crippen molar-refractivity contribution in [1.29, 1.82) is 0 Å². The summed E-state index contributed by atoms with van der Waals surface area (Å²) < 4.78 is 5.24. The maximum absolute atomic E-state index is 12.6. The average Bonchev–Trinajstić information content (AvgIpc) is 2.64. The van der Waals surface area contributed by atoms with Gasteiger partial charge in [-0.1, -0.05) is 30.3 Å². The van der Waals surface area contributed by atoms with Crippen LogP contribution in [0.1, 0.15) is 44.9 Å². The summed E-state index contributed by atoms with van der Waals surface area (Å²) in [5.41, 5.74) is 2.45. The van der Waals surface area contributed by atoms with Gasteiger partial charge in [-0.25, -0.2) is 4.98 Å². The molecule has 26 heavy (non-hydrogen) atoms. The van der Waals surface area contributed by atoms with Crippen molar-refractivity contribution < 1.29 is 14.3 Å². The van der Waals surface area contributed by atoms with Crippen molar-refractivity contribution in [1.82, 2.24) is 15.6 Å². The molecule has 6 nitrogen and oxygen atoms in total. The van der Waals surface area contributed by atoms with Crippen LogP contribution < -0.4 is 10.6 Å². The van der Waals surface area contributed by atoms with Gasteiger partial charge >= 0.3 is 0 Å². The Morgan fingerprint density at radius 3 is 2.54 bits per heavy atom. The molecule has 3 rings (SSSR count). The Balaban J connectivity index is 1.80. The number of carbonyl (C=O) groups is 2. The number of nitrogens with zero attached hydrogens (tertiary/aromatic N) is 1. The van der Waals surface area contributed by atoms with Crippen molar-refractivity contribution in [2.75, 3.05) is 14.2 Å². The smallest absolute Gasteiger partial charge is 0.269 e. The third kappa shape index (κ3) is 4.26. The third-order valence-corrected chi connectivity index (χ3v) is 4.59. The van der Waals surface area contributed by atoms with Gasteiger partial charge in [0.2, 0.25) is 0 Å². The Morgan fingerprint density at radius 1 is 1.15 bits per heavy atom. The lowest BCUT2D eigenvalue weighted by Gasteiger charge is -2.34. The molecule has 0 unspecified atom stereocenters. The Hall–Kier alpha value is -2.73. The monoisotopic (exact) mass is 353 g/mol. The number of methoxy groups -OCH3 is 1. The average molecular weight is 353 g/mol. The number of nitrogens with one attached hydrogen (secondary N) is 2. The molecule has 1 saturated carbocycles. The fraction of sp³-hybridized carbons (Fsp3) is 0.350. The zero-order chi connectivity index (χ0) is 18.5. The van der Waals surface area contributed by atoms with Gasteiger partial charge in [0, 0.05) is 37.9 Å². The second-order valence-electron chi connectivity index (χ2n) is 6.47. The molecular weight excluding hydrogens is 330 g/mol. The van der Waals surface area contributed by atoms with Crippen molar-refractivity contribution in [3.63, 3.8) is 0 Å². The van der Waals surface area contributed by atoms with Crippen molar-refractivity contribution >= 4 is 11.8 Å². The van der Waals surface area contributed by atoms with E-state index in [0.717, 1.165) is 18.4 Å². The van der Waals surface area contributed by atoms with Gasteiger partial charge in [0.25, 0.3) is 11.8 Å². The Kier molecular flexibility index (Phi) is 5.63. The Labute approximate surface area is 153 Å². The second kappa shape index (κ2) is 8.10. The predicted octanol–water partition coefficient (Wildman–Crippen LogP) is 1.94. The molecule has 2 N–H and O–H groups in total. The number of hydrogen-bond donors (Lipinski definition) is 2. The fourth-order valence-corrected chi connectivity index (χ4v) is 3.00. The second-order valence-corrected chi connectivity index (χ2v) is 6.47. The van der Waals surface area contributed by atoms with E-state index in [-0.39, 0.29) is 29.7 Å². The van der Waals surface area contributed by atoms with E-state index in [2.05, 4.69) is 15.6 Å². The molecule has 2 aromatic rings. The maximum Gasteiger partial charge on any atom is 0.269 e. The van der Waals surface area contributed by atoms with Crippen LogP contribution >= 0.6 is 0 Å². The zero-order valence-corrected chi connectivity index (χ0v) is 15.0. The molecule has 1 aromatic heterocycles. The topological polar surface area (TPSA) is 80.3 Å². The summed E-state index contributed by atoms with van der Waals surface area (Å²) in [6.07, 6.45) is 2.40. The summed E-state index contributed by atoms with van der Waals surface area (Å²) in [5, 5.41) is 5.56. The standard InChI is InChI=1S/C20H23N3O3/c1-21-20(25)18-10-14(19(24)23-16-11-17(12-16)26-2)9-15(22-18)8-13-6-4-3-5-7-13/h3-7,9-10,16-17H,8,11-12H2,1-2H3,(H,21,25)(H,23,24)/t16-,17-. The van der Waals surface area contributed by atoms with Crippen LogP contribution in [0, 0.1) is 0 Å². The van der Waals surface area contributed by atoms with Crippen LogP contribution in [0.3, 0.4) is 0 Å². The van der Waals surface area contributed by atoms with Crippen LogP contribution in [0.2, 0.25) is 0 Å². The van der Waals surface area contributed by atoms with Gasteiger partial charge in [-0.05, 0) is 30.5 Å². The van der Waals surface area contributed by atoms with Crippen LogP contribution in [0.5, 0.6) is 0 Å². The van der Waals surface area contributed by atoms with Crippen molar-refractivity contribution in [2.24, 2.45) is 0 Å². The quantitative estimate of drug-likeness (QED) is 0.832. The van der Waals surface area contributed by atoms with E-state index in [1.807, 2.05) is 30.3 Å². The minimum Gasteiger partial charge on any atom is -0.381 e. The van der Waals surface area contributed by atoms with Gasteiger partial charge in [-0.3, -0.25) is 9.59 Å². The van der Waals surface area contributed by atoms with Crippen LogP contribution in [0.25, 0.3) is 0 Å². The van der Waals surface area contributed by atoms with Crippen LogP contribution in [-0.2, 0) is 11.2 Å². The molecule has 0 atom stereocenters. The zero-order valence-electron chi connectivity index (χ0n) is 15.0. The summed E-state index contributed by atoms with van der Waals surface area (Å²) in [4.78, 5) is 29.1. The molecular formula is C20H23N3O3. The van der Waals surface area contributed by atoms with Crippen molar-refractivity contribution in [3.8, 4) is 0 Å². The third-order valence-electron chi connectivity index (χ3n) is 4.59. The first kappa shape index (κ1) is 18.1. The van der Waals surface area contributed by atoms with Gasteiger partial charge in [0.05, 0.1) is 6.10 Å². The summed E-state index contributed by atoms with van der Waals surface area (Å²) >= 11 is 0. The lowest BCUT2D eigenvalue weighted by Crippen LogP contribution is -2.47. The Bertz CT molecular complexity index is 786. The highest BCUT2D eigenvalue weighted by molar-refractivity contribution is 5.98. The molecule has 0 spiro atoms. The first-order valence-corrected chi connectivity index (χ1v) is 8.69. The van der Waals surface area contributed by atoms with Gasteiger partial charge < -0.3 is 15.4 Å². The molecule has 136 valence electrons. The van der Waals surface area contributed by atoms with Crippen LogP contribution in [-0.4, -0.2) is 43.1 Å². The van der Waals surface area contributed by atoms with E-state index in [1.54, 1.807) is 20.2 Å². The molecule has 0 aliphatic heterocycles. The molecule has 1 heterocycles. The predicted molar refractivity (Wildman–Crippen MR) is 98.2 cm³/mol. The molecule has 1 fully saturated rings. The molecule has 1 aliphatic rings. The highest BCUT2D eigenvalue weighted by Gasteiger charge is 2.30. The lowest BCUT2D eigenvalue weighted by molar-refractivity contribution is 0.0176. The minimum absolute atomic E-state index is 0.113. The van der Waals surface area contributed by atoms with Gasteiger partial charge in [0.15, 0.2) is 0 Å². The number of aromatic nitrogens is 1. The highest BCUT2D eigenvalue weighted by atomic mass is 16.5. The first-order chi connectivity index (χ1) is 12.6. The van der Waals surface area contributed by atoms with E-state index in [1.165, 1.54) is 6.07 Å². The van der Waals surface area contributed by atoms with Crippen LogP contribution in [0.4, 0.5) is 0 Å². The molecule has 0 bridgehead atoms. The van der Waals surface area contributed by atoms with Gasteiger partial charge in [-0.2, -0.15) is 0 Å². The van der Waals surface area contributed by atoms with Crippen molar-refractivity contribution in [3.05, 3.63) is 65.0 Å². The van der Waals surface area contributed by atoms with E-state index in [0.29, 0.717) is 17.7 Å². The number of hydrogen-bond acceptors (Lipinski definition) is 4. The number of ether oxygens (including phenoxy) is 1. The number of benzene rings is 1. The van der Waals surface area contributed by atoms with E-state index >= 15 is 0 Å². The SMILES string of the molecule is CNC(=O)c1cc(C(=O)N[C@H]2C[C@H](OC)C2)cc(Cc2ccccc2)n1. The number of rotatable bonds is 6. The number of amides is 2. The summed E-state index contributed by atoms with van der Waals surface area (Å²) in [6, 6.07) is 13.2. The number of carbonyl (C=O) groups excluding carboxylic acids is 2. The molecule has 1 aliphatic carbocycles. The minimum atomic E-state index is -0.308. The van der Waals surface area contributed by atoms with Gasteiger partial charge in [0.1, 0.15) is 5.69 Å². The van der Waals surface area contributed by atoms with Crippen molar-refractivity contribution in [2.45, 2.75) is 31.4 Å². The molecule has 2 amide bonds. The Morgan fingerprint density at radius 2 is 1.88 bits per heavy atom. The largest absolute Gasteiger partial charge is 0.381 e. The summed E-state index contributed by atoms with van der Waals surface area (Å²) in [7, 11) is 3.23. The maximum atomic E-state index is 12.6.